The van der Waals surface area contributed by atoms with Gasteiger partial charge in [-0.15, -0.1) is 0 Å². The van der Waals surface area contributed by atoms with E-state index >= 15 is 0 Å². The summed E-state index contributed by atoms with van der Waals surface area (Å²) in [5.74, 6) is 0.796. The summed E-state index contributed by atoms with van der Waals surface area (Å²) in [6, 6.07) is 17.7. The summed E-state index contributed by atoms with van der Waals surface area (Å²) in [5.41, 5.74) is 1.25. The maximum absolute atomic E-state index is 13.6. The van der Waals surface area contributed by atoms with E-state index in [1.54, 1.807) is 0 Å². The standard InChI is InChI=1S/C26H32N4O3/c31-24-26(13-7-6-9-21-8-4-5-12-23(21)26)27-25(32)30(24)20-29-16-14-28(15-17-29)18-19-33-22-10-2-1-3-11-22/h1-5,8,10-12H,6-7,9,13-20H2,(H,27,32)/t26-/m1/s1. The number of imide groups is 1. The fraction of sp³-hybridized carbons (Fsp3) is 0.462. The summed E-state index contributed by atoms with van der Waals surface area (Å²) in [6.45, 7) is 5.32. The molecule has 0 radical (unpaired) electrons. The zero-order chi connectivity index (χ0) is 22.7. The SMILES string of the molecule is O=C1N[C@@]2(CCCCc3ccccc32)C(=O)N1CN1CCN(CCOc2ccccc2)CC1. The van der Waals surface area contributed by atoms with Crippen molar-refractivity contribution in [3.05, 3.63) is 65.7 Å². The van der Waals surface area contributed by atoms with Crippen molar-refractivity contribution >= 4 is 11.9 Å². The van der Waals surface area contributed by atoms with Gasteiger partial charge in [0.15, 0.2) is 0 Å². The van der Waals surface area contributed by atoms with Gasteiger partial charge in [-0.05, 0) is 48.9 Å². The van der Waals surface area contributed by atoms with Crippen LogP contribution in [0.15, 0.2) is 54.6 Å². The van der Waals surface area contributed by atoms with Gasteiger partial charge in [-0.2, -0.15) is 0 Å². The lowest BCUT2D eigenvalue weighted by Gasteiger charge is -2.36. The van der Waals surface area contributed by atoms with E-state index in [1.165, 1.54) is 10.5 Å². The number of carbonyl (C=O) groups excluding carboxylic acids is 2. The van der Waals surface area contributed by atoms with Crippen LogP contribution in [0.2, 0.25) is 0 Å². The van der Waals surface area contributed by atoms with Gasteiger partial charge < -0.3 is 10.1 Å². The fourth-order valence-electron chi connectivity index (χ4n) is 5.27. The molecule has 2 aromatic rings. The first-order valence-electron chi connectivity index (χ1n) is 12.0. The summed E-state index contributed by atoms with van der Waals surface area (Å²) in [6.07, 6.45) is 3.59. The van der Waals surface area contributed by atoms with Crippen molar-refractivity contribution in [1.29, 1.82) is 0 Å². The number of ether oxygens (including phenoxy) is 1. The highest BCUT2D eigenvalue weighted by Crippen LogP contribution is 2.39. The van der Waals surface area contributed by atoms with E-state index in [9.17, 15) is 9.59 Å². The molecule has 2 aromatic carbocycles. The van der Waals surface area contributed by atoms with Gasteiger partial charge in [-0.25, -0.2) is 9.69 Å². The largest absolute Gasteiger partial charge is 0.492 e. The van der Waals surface area contributed by atoms with Gasteiger partial charge in [-0.3, -0.25) is 14.6 Å². The number of hydrogen-bond acceptors (Lipinski definition) is 5. The number of carbonyl (C=O) groups is 2. The Morgan fingerprint density at radius 3 is 2.42 bits per heavy atom. The Morgan fingerprint density at radius 2 is 1.61 bits per heavy atom. The van der Waals surface area contributed by atoms with Crippen LogP contribution in [-0.2, 0) is 16.8 Å². The topological polar surface area (TPSA) is 65.1 Å². The number of piperazine rings is 1. The minimum absolute atomic E-state index is 0.0967. The number of para-hydroxylation sites is 1. The Labute approximate surface area is 195 Å². The van der Waals surface area contributed by atoms with Crippen molar-refractivity contribution in [2.24, 2.45) is 0 Å². The second-order valence-electron chi connectivity index (χ2n) is 9.20. The minimum atomic E-state index is -0.902. The number of aryl methyl sites for hydroxylation is 1. The van der Waals surface area contributed by atoms with E-state index in [1.807, 2.05) is 48.5 Å². The summed E-state index contributed by atoms with van der Waals surface area (Å²) < 4.78 is 5.81. The van der Waals surface area contributed by atoms with Crippen molar-refractivity contribution in [2.45, 2.75) is 31.2 Å². The molecule has 1 aliphatic carbocycles. The molecule has 2 fully saturated rings. The third-order valence-electron chi connectivity index (χ3n) is 7.13. The molecule has 1 spiro atoms. The third kappa shape index (κ3) is 4.48. The molecule has 33 heavy (non-hydrogen) atoms. The Hall–Kier alpha value is -2.90. The number of benzene rings is 2. The predicted octanol–water partition coefficient (Wildman–Crippen LogP) is 2.81. The number of nitrogens with one attached hydrogen (secondary N) is 1. The Kier molecular flexibility index (Phi) is 6.33. The van der Waals surface area contributed by atoms with Crippen LogP contribution in [0.4, 0.5) is 4.79 Å². The smallest absolute Gasteiger partial charge is 0.326 e. The second-order valence-corrected chi connectivity index (χ2v) is 9.20. The monoisotopic (exact) mass is 448 g/mol. The van der Waals surface area contributed by atoms with Crippen molar-refractivity contribution in [1.82, 2.24) is 20.0 Å². The number of nitrogens with zero attached hydrogens (tertiary/aromatic N) is 3. The van der Waals surface area contributed by atoms with Crippen molar-refractivity contribution in [2.75, 3.05) is 46.0 Å². The summed E-state index contributed by atoms with van der Waals surface area (Å²) >= 11 is 0. The Bertz CT molecular complexity index is 990. The molecule has 0 bridgehead atoms. The van der Waals surface area contributed by atoms with Gasteiger partial charge in [0.1, 0.15) is 17.9 Å². The minimum Gasteiger partial charge on any atom is -0.492 e. The quantitative estimate of drug-likeness (QED) is 0.689. The average Bonchev–Trinajstić information content (AvgIpc) is 2.98. The van der Waals surface area contributed by atoms with Crippen molar-refractivity contribution < 1.29 is 14.3 Å². The third-order valence-corrected chi connectivity index (χ3v) is 7.13. The normalized spacial score (nSPS) is 23.9. The molecule has 0 unspecified atom stereocenters. The van der Waals surface area contributed by atoms with Gasteiger partial charge in [0.2, 0.25) is 0 Å². The summed E-state index contributed by atoms with van der Waals surface area (Å²) in [4.78, 5) is 32.5. The van der Waals surface area contributed by atoms with E-state index in [-0.39, 0.29) is 11.9 Å². The van der Waals surface area contributed by atoms with E-state index < -0.39 is 5.54 Å². The van der Waals surface area contributed by atoms with Gasteiger partial charge in [0, 0.05) is 32.7 Å². The van der Waals surface area contributed by atoms with Crippen LogP contribution in [0.1, 0.15) is 30.4 Å². The molecule has 5 rings (SSSR count). The summed E-state index contributed by atoms with van der Waals surface area (Å²) in [7, 11) is 0. The van der Waals surface area contributed by atoms with E-state index in [0.717, 1.165) is 63.3 Å². The van der Waals surface area contributed by atoms with Crippen molar-refractivity contribution in [3.8, 4) is 5.75 Å². The lowest BCUT2D eigenvalue weighted by molar-refractivity contribution is -0.133. The lowest BCUT2D eigenvalue weighted by atomic mass is 9.84. The maximum atomic E-state index is 13.6. The molecule has 3 aliphatic rings. The molecule has 0 aromatic heterocycles. The molecule has 2 saturated heterocycles. The molecule has 2 aliphatic heterocycles. The Morgan fingerprint density at radius 1 is 0.879 bits per heavy atom. The highest BCUT2D eigenvalue weighted by atomic mass is 16.5. The van der Waals surface area contributed by atoms with Crippen LogP contribution >= 0.6 is 0 Å². The Balaban J connectivity index is 1.17. The van der Waals surface area contributed by atoms with Gasteiger partial charge in [0.25, 0.3) is 5.91 Å². The molecule has 3 amide bonds. The molecule has 7 nitrogen and oxygen atoms in total. The first kappa shape index (κ1) is 21.9. The molecule has 1 N–H and O–H groups in total. The van der Waals surface area contributed by atoms with E-state index in [2.05, 4.69) is 21.2 Å². The zero-order valence-corrected chi connectivity index (χ0v) is 19.0. The van der Waals surface area contributed by atoms with Crippen LogP contribution in [0.25, 0.3) is 0 Å². The van der Waals surface area contributed by atoms with E-state index in [0.29, 0.717) is 19.7 Å². The summed E-state index contributed by atoms with van der Waals surface area (Å²) in [5, 5.41) is 3.09. The molecular formula is C26H32N4O3. The molecule has 174 valence electrons. The molecule has 2 heterocycles. The van der Waals surface area contributed by atoms with Gasteiger partial charge in [0.05, 0.1) is 6.67 Å². The van der Waals surface area contributed by atoms with Gasteiger partial charge >= 0.3 is 6.03 Å². The number of hydrogen-bond donors (Lipinski definition) is 1. The first-order valence-corrected chi connectivity index (χ1v) is 12.0. The average molecular weight is 449 g/mol. The van der Waals surface area contributed by atoms with Crippen LogP contribution in [0.5, 0.6) is 5.75 Å². The van der Waals surface area contributed by atoms with Crippen LogP contribution in [0.3, 0.4) is 0 Å². The molecular weight excluding hydrogens is 416 g/mol. The van der Waals surface area contributed by atoms with Crippen LogP contribution < -0.4 is 10.1 Å². The molecule has 1 atom stereocenters. The van der Waals surface area contributed by atoms with E-state index in [4.69, 9.17) is 4.74 Å². The van der Waals surface area contributed by atoms with Crippen molar-refractivity contribution in [3.63, 3.8) is 0 Å². The highest BCUT2D eigenvalue weighted by Gasteiger charge is 2.53. The predicted molar refractivity (Wildman–Crippen MR) is 126 cm³/mol. The lowest BCUT2D eigenvalue weighted by Crippen LogP contribution is -2.52. The highest BCUT2D eigenvalue weighted by molar-refractivity contribution is 6.07. The fourth-order valence-corrected chi connectivity index (χ4v) is 5.27. The number of rotatable bonds is 6. The molecule has 0 saturated carbocycles. The molecule has 7 heteroatoms. The number of fused-ring (bicyclic) bond motifs is 2. The maximum Gasteiger partial charge on any atom is 0.326 e. The van der Waals surface area contributed by atoms with Gasteiger partial charge in [-0.1, -0.05) is 42.5 Å². The zero-order valence-electron chi connectivity index (χ0n) is 19.0. The van der Waals surface area contributed by atoms with Crippen LogP contribution in [-0.4, -0.2) is 72.6 Å². The number of amides is 3. The van der Waals surface area contributed by atoms with Crippen LogP contribution in [0, 0.1) is 0 Å². The first-order chi connectivity index (χ1) is 16.2. The second kappa shape index (κ2) is 9.53. The number of urea groups is 1.